The highest BCUT2D eigenvalue weighted by Gasteiger charge is 2.31. The summed E-state index contributed by atoms with van der Waals surface area (Å²) in [5.41, 5.74) is 2.62. The minimum absolute atomic E-state index is 0.0110. The fraction of sp³-hybridized carbons (Fsp3) is 0.417. The van der Waals surface area contributed by atoms with Crippen LogP contribution in [0, 0.1) is 0 Å². The molecule has 0 saturated carbocycles. The molecule has 2 heterocycles. The average Bonchev–Trinajstić information content (AvgIpc) is 3.38. The summed E-state index contributed by atoms with van der Waals surface area (Å²) in [6.45, 7) is 2.83. The lowest BCUT2D eigenvalue weighted by Gasteiger charge is -2.35. The Hall–Kier alpha value is -3.06. The number of carbonyl (C=O) groups is 2. The van der Waals surface area contributed by atoms with Crippen LogP contribution in [-0.2, 0) is 9.53 Å². The summed E-state index contributed by atoms with van der Waals surface area (Å²) < 4.78 is 16.2. The summed E-state index contributed by atoms with van der Waals surface area (Å²) >= 11 is 0. The molecule has 0 radical (unpaired) electrons. The van der Waals surface area contributed by atoms with Gasteiger partial charge in [0.15, 0.2) is 11.5 Å². The zero-order valence-electron chi connectivity index (χ0n) is 18.0. The fourth-order valence-electron chi connectivity index (χ4n) is 4.11. The van der Waals surface area contributed by atoms with Gasteiger partial charge in [-0.25, -0.2) is 0 Å². The lowest BCUT2D eigenvalue weighted by atomic mass is 10.0. The Bertz CT molecular complexity index is 929. The summed E-state index contributed by atoms with van der Waals surface area (Å²) in [5.74, 6) is 1.39. The average molecular weight is 424 g/mol. The molecule has 7 heteroatoms. The molecule has 7 nitrogen and oxygen atoms in total. The highest BCUT2D eigenvalue weighted by Crippen LogP contribution is 2.32. The van der Waals surface area contributed by atoms with Crippen LogP contribution in [0.4, 0.5) is 0 Å². The summed E-state index contributed by atoms with van der Waals surface area (Å²) in [6.07, 6.45) is 1.44. The number of nitrogens with zero attached hydrogens (tertiary/aromatic N) is 2. The van der Waals surface area contributed by atoms with Gasteiger partial charge in [0, 0.05) is 38.3 Å². The van der Waals surface area contributed by atoms with Gasteiger partial charge in [0.25, 0.3) is 11.8 Å². The number of carbonyl (C=O) groups excluding carboxylic acids is 2. The molecule has 0 bridgehead atoms. The van der Waals surface area contributed by atoms with Crippen molar-refractivity contribution in [3.8, 4) is 22.6 Å². The maximum absolute atomic E-state index is 12.9. The van der Waals surface area contributed by atoms with E-state index in [1.165, 1.54) is 0 Å². The van der Waals surface area contributed by atoms with Crippen molar-refractivity contribution in [1.29, 1.82) is 0 Å². The molecule has 1 atom stereocenters. The molecule has 2 saturated heterocycles. The molecule has 2 aromatic carbocycles. The SMILES string of the molecule is COc1ccc(-c2ccc(C(=O)N3CCN(C(=O)C4CCCO4)CC3)cc2)cc1OC. The summed E-state index contributed by atoms with van der Waals surface area (Å²) in [5, 5.41) is 0. The molecule has 0 N–H and O–H groups in total. The Kier molecular flexibility index (Phi) is 6.42. The molecule has 1 unspecified atom stereocenters. The maximum Gasteiger partial charge on any atom is 0.253 e. The van der Waals surface area contributed by atoms with Crippen molar-refractivity contribution in [1.82, 2.24) is 9.80 Å². The van der Waals surface area contributed by atoms with E-state index >= 15 is 0 Å². The van der Waals surface area contributed by atoms with Crippen molar-refractivity contribution >= 4 is 11.8 Å². The molecule has 31 heavy (non-hydrogen) atoms. The first-order chi connectivity index (χ1) is 15.1. The standard InChI is InChI=1S/C24H28N2O5/c1-29-20-10-9-19(16-22(20)30-2)17-5-7-18(8-6-17)23(27)25-11-13-26(14-12-25)24(28)21-4-3-15-31-21/h5-10,16,21H,3-4,11-15H2,1-2H3. The number of hydrogen-bond donors (Lipinski definition) is 0. The number of amides is 2. The van der Waals surface area contributed by atoms with Gasteiger partial charge in [-0.05, 0) is 48.2 Å². The van der Waals surface area contributed by atoms with E-state index in [9.17, 15) is 9.59 Å². The predicted octanol–water partition coefficient (Wildman–Crippen LogP) is 2.83. The van der Waals surface area contributed by atoms with E-state index < -0.39 is 0 Å². The Morgan fingerprint density at radius 3 is 2.13 bits per heavy atom. The second-order valence-electron chi connectivity index (χ2n) is 7.77. The summed E-state index contributed by atoms with van der Waals surface area (Å²) in [6, 6.07) is 13.3. The second-order valence-corrected chi connectivity index (χ2v) is 7.77. The molecule has 2 aliphatic rings. The van der Waals surface area contributed by atoms with Gasteiger partial charge in [0.2, 0.25) is 0 Å². The highest BCUT2D eigenvalue weighted by molar-refractivity contribution is 5.95. The van der Waals surface area contributed by atoms with Crippen molar-refractivity contribution in [3.63, 3.8) is 0 Å². The second kappa shape index (κ2) is 9.39. The van der Waals surface area contributed by atoms with Gasteiger partial charge in [0.1, 0.15) is 6.10 Å². The van der Waals surface area contributed by atoms with E-state index in [2.05, 4.69) is 0 Å². The van der Waals surface area contributed by atoms with Gasteiger partial charge in [0.05, 0.1) is 14.2 Å². The minimum atomic E-state index is -0.300. The van der Waals surface area contributed by atoms with Gasteiger partial charge in [-0.3, -0.25) is 9.59 Å². The lowest BCUT2D eigenvalue weighted by Crippen LogP contribution is -2.52. The van der Waals surface area contributed by atoms with Crippen LogP contribution in [-0.4, -0.2) is 74.7 Å². The monoisotopic (exact) mass is 424 g/mol. The van der Waals surface area contributed by atoms with Gasteiger partial charge in [-0.2, -0.15) is 0 Å². The van der Waals surface area contributed by atoms with Crippen LogP contribution in [0.5, 0.6) is 11.5 Å². The Morgan fingerprint density at radius 2 is 1.52 bits per heavy atom. The molecule has 4 rings (SSSR count). The third-order valence-corrected chi connectivity index (χ3v) is 5.93. The maximum atomic E-state index is 12.9. The van der Waals surface area contributed by atoms with Crippen LogP contribution in [0.3, 0.4) is 0 Å². The van der Waals surface area contributed by atoms with E-state index in [0.717, 1.165) is 24.0 Å². The van der Waals surface area contributed by atoms with Crippen molar-refractivity contribution in [2.75, 3.05) is 47.0 Å². The number of benzene rings is 2. The van der Waals surface area contributed by atoms with Crippen molar-refractivity contribution in [2.24, 2.45) is 0 Å². The molecule has 0 spiro atoms. The third kappa shape index (κ3) is 4.51. The van der Waals surface area contributed by atoms with Crippen LogP contribution in [0.2, 0.25) is 0 Å². The van der Waals surface area contributed by atoms with Gasteiger partial charge >= 0.3 is 0 Å². The van der Waals surface area contributed by atoms with E-state index in [1.54, 1.807) is 14.2 Å². The predicted molar refractivity (Wildman–Crippen MR) is 116 cm³/mol. The number of piperazine rings is 1. The van der Waals surface area contributed by atoms with Crippen LogP contribution in [0.1, 0.15) is 23.2 Å². The van der Waals surface area contributed by atoms with Crippen LogP contribution < -0.4 is 9.47 Å². The van der Waals surface area contributed by atoms with Crippen LogP contribution in [0.25, 0.3) is 11.1 Å². The highest BCUT2D eigenvalue weighted by atomic mass is 16.5. The number of methoxy groups -OCH3 is 2. The zero-order valence-corrected chi connectivity index (χ0v) is 18.0. The molecular weight excluding hydrogens is 396 g/mol. The van der Waals surface area contributed by atoms with Gasteiger partial charge in [-0.15, -0.1) is 0 Å². The van der Waals surface area contributed by atoms with E-state index in [1.807, 2.05) is 52.3 Å². The van der Waals surface area contributed by atoms with Crippen molar-refractivity contribution in [3.05, 3.63) is 48.0 Å². The quantitative estimate of drug-likeness (QED) is 0.738. The van der Waals surface area contributed by atoms with E-state index in [0.29, 0.717) is 49.8 Å². The molecule has 164 valence electrons. The Labute approximate surface area is 182 Å². The normalized spacial score (nSPS) is 18.7. The fourth-order valence-corrected chi connectivity index (χ4v) is 4.11. The lowest BCUT2D eigenvalue weighted by molar-refractivity contribution is -0.142. The molecule has 0 aliphatic carbocycles. The van der Waals surface area contributed by atoms with E-state index in [4.69, 9.17) is 14.2 Å². The Morgan fingerprint density at radius 1 is 0.871 bits per heavy atom. The van der Waals surface area contributed by atoms with Crippen molar-refractivity contribution in [2.45, 2.75) is 18.9 Å². The summed E-state index contributed by atoms with van der Waals surface area (Å²) in [7, 11) is 3.22. The molecule has 0 aromatic heterocycles. The Balaban J connectivity index is 1.38. The first-order valence-electron chi connectivity index (χ1n) is 10.6. The van der Waals surface area contributed by atoms with Gasteiger partial charge < -0.3 is 24.0 Å². The number of rotatable bonds is 5. The topological polar surface area (TPSA) is 68.3 Å². The molecular formula is C24H28N2O5. The van der Waals surface area contributed by atoms with Crippen molar-refractivity contribution < 1.29 is 23.8 Å². The molecule has 2 aliphatic heterocycles. The summed E-state index contributed by atoms with van der Waals surface area (Å²) in [4.78, 5) is 29.0. The van der Waals surface area contributed by atoms with E-state index in [-0.39, 0.29) is 17.9 Å². The smallest absolute Gasteiger partial charge is 0.253 e. The molecule has 2 amide bonds. The van der Waals surface area contributed by atoms with Crippen LogP contribution >= 0.6 is 0 Å². The first-order valence-corrected chi connectivity index (χ1v) is 10.6. The minimum Gasteiger partial charge on any atom is -0.493 e. The molecule has 2 fully saturated rings. The molecule has 2 aromatic rings. The third-order valence-electron chi connectivity index (χ3n) is 5.93. The van der Waals surface area contributed by atoms with Crippen LogP contribution in [0.15, 0.2) is 42.5 Å². The number of hydrogen-bond acceptors (Lipinski definition) is 5. The largest absolute Gasteiger partial charge is 0.493 e. The van der Waals surface area contributed by atoms with Gasteiger partial charge in [-0.1, -0.05) is 18.2 Å². The zero-order chi connectivity index (χ0) is 21.8. The number of ether oxygens (including phenoxy) is 3. The first kappa shape index (κ1) is 21.2.